The number of amides is 2. The molecule has 94 valence electrons. The first kappa shape index (κ1) is 14.8. The molecule has 7 nitrogen and oxygen atoms in total. The summed E-state index contributed by atoms with van der Waals surface area (Å²) in [5.41, 5.74) is 4.83. The third kappa shape index (κ3) is 7.16. The Bertz CT molecular complexity index is 235. The fraction of sp³-hybridized carbons (Fsp3) is 0.778. The molecule has 7 heteroatoms. The monoisotopic (exact) mass is 233 g/mol. The van der Waals surface area contributed by atoms with Crippen molar-refractivity contribution in [2.24, 2.45) is 5.73 Å². The topological polar surface area (TPSA) is 114 Å². The van der Waals surface area contributed by atoms with Crippen molar-refractivity contribution in [2.75, 3.05) is 26.8 Å². The van der Waals surface area contributed by atoms with E-state index in [1.54, 1.807) is 14.0 Å². The van der Waals surface area contributed by atoms with Crippen molar-refractivity contribution in [3.8, 4) is 0 Å². The number of ether oxygens (including phenoxy) is 1. The normalized spacial score (nSPS) is 14.2. The number of rotatable bonds is 8. The zero-order valence-corrected chi connectivity index (χ0v) is 9.53. The molecule has 0 aromatic heterocycles. The Morgan fingerprint density at radius 1 is 1.50 bits per heavy atom. The highest BCUT2D eigenvalue weighted by Gasteiger charge is 2.11. The van der Waals surface area contributed by atoms with Crippen molar-refractivity contribution in [1.82, 2.24) is 10.6 Å². The minimum Gasteiger partial charge on any atom is -0.383 e. The SMILES string of the molecule is COCC(C)NC(=O)CNCC(O)C(N)=O. The Labute approximate surface area is 94.3 Å². The van der Waals surface area contributed by atoms with Gasteiger partial charge in [-0.2, -0.15) is 0 Å². The van der Waals surface area contributed by atoms with E-state index in [-0.39, 0.29) is 25.0 Å². The van der Waals surface area contributed by atoms with E-state index in [1.807, 2.05) is 0 Å². The molecule has 2 unspecified atom stereocenters. The van der Waals surface area contributed by atoms with E-state index >= 15 is 0 Å². The largest absolute Gasteiger partial charge is 0.383 e. The van der Waals surface area contributed by atoms with E-state index in [4.69, 9.17) is 15.6 Å². The van der Waals surface area contributed by atoms with E-state index < -0.39 is 12.0 Å². The Kier molecular flexibility index (Phi) is 7.44. The van der Waals surface area contributed by atoms with Crippen LogP contribution in [0.3, 0.4) is 0 Å². The van der Waals surface area contributed by atoms with Crippen molar-refractivity contribution in [2.45, 2.75) is 19.1 Å². The van der Waals surface area contributed by atoms with Gasteiger partial charge >= 0.3 is 0 Å². The van der Waals surface area contributed by atoms with Gasteiger partial charge in [-0.1, -0.05) is 0 Å². The average molecular weight is 233 g/mol. The van der Waals surface area contributed by atoms with Crippen LogP contribution in [0.1, 0.15) is 6.92 Å². The molecule has 0 rings (SSSR count). The van der Waals surface area contributed by atoms with Crippen LogP contribution < -0.4 is 16.4 Å². The molecular weight excluding hydrogens is 214 g/mol. The minimum absolute atomic E-state index is 0.0123. The van der Waals surface area contributed by atoms with Crippen LogP contribution in [-0.2, 0) is 14.3 Å². The molecule has 0 radical (unpaired) electrons. The second kappa shape index (κ2) is 8.03. The number of aliphatic hydroxyl groups is 1. The zero-order chi connectivity index (χ0) is 12.6. The summed E-state index contributed by atoms with van der Waals surface area (Å²) >= 11 is 0. The van der Waals surface area contributed by atoms with Crippen LogP contribution in [0.5, 0.6) is 0 Å². The molecule has 2 atom stereocenters. The Hall–Kier alpha value is -1.18. The molecule has 0 heterocycles. The number of methoxy groups -OCH3 is 1. The average Bonchev–Trinajstić information content (AvgIpc) is 2.17. The number of hydrogen-bond acceptors (Lipinski definition) is 5. The summed E-state index contributed by atoms with van der Waals surface area (Å²) in [6.45, 7) is 2.20. The van der Waals surface area contributed by atoms with Gasteiger partial charge < -0.3 is 26.2 Å². The van der Waals surface area contributed by atoms with E-state index in [1.165, 1.54) is 0 Å². The molecule has 16 heavy (non-hydrogen) atoms. The van der Waals surface area contributed by atoms with Gasteiger partial charge in [-0.25, -0.2) is 0 Å². The van der Waals surface area contributed by atoms with E-state index in [0.717, 1.165) is 0 Å². The van der Waals surface area contributed by atoms with Crippen molar-refractivity contribution in [3.05, 3.63) is 0 Å². The summed E-state index contributed by atoms with van der Waals surface area (Å²) in [5, 5.41) is 14.3. The van der Waals surface area contributed by atoms with E-state index in [9.17, 15) is 9.59 Å². The molecule has 0 saturated carbocycles. The van der Waals surface area contributed by atoms with Gasteiger partial charge in [0, 0.05) is 19.7 Å². The molecule has 0 saturated heterocycles. The van der Waals surface area contributed by atoms with Crippen LogP contribution in [0.4, 0.5) is 0 Å². The van der Waals surface area contributed by atoms with E-state index in [2.05, 4.69) is 10.6 Å². The van der Waals surface area contributed by atoms with Gasteiger partial charge in [0.15, 0.2) is 0 Å². The third-order valence-corrected chi connectivity index (χ3v) is 1.78. The standard InChI is InChI=1S/C9H19N3O4/c1-6(5-16-2)12-8(14)4-11-3-7(13)9(10)15/h6-7,11,13H,3-5H2,1-2H3,(H2,10,15)(H,12,14). The first-order valence-electron chi connectivity index (χ1n) is 4.93. The van der Waals surface area contributed by atoms with Crippen LogP contribution in [-0.4, -0.2) is 55.9 Å². The highest BCUT2D eigenvalue weighted by molar-refractivity contribution is 5.79. The fourth-order valence-electron chi connectivity index (χ4n) is 1.04. The van der Waals surface area contributed by atoms with Crippen LogP contribution in [0.15, 0.2) is 0 Å². The molecule has 0 aromatic carbocycles. The van der Waals surface area contributed by atoms with Gasteiger partial charge in [0.2, 0.25) is 11.8 Å². The molecule has 0 fully saturated rings. The van der Waals surface area contributed by atoms with Crippen molar-refractivity contribution < 1.29 is 19.4 Å². The van der Waals surface area contributed by atoms with Gasteiger partial charge in [-0.15, -0.1) is 0 Å². The van der Waals surface area contributed by atoms with Crippen molar-refractivity contribution in [1.29, 1.82) is 0 Å². The second-order valence-electron chi connectivity index (χ2n) is 3.47. The second-order valence-corrected chi connectivity index (χ2v) is 3.47. The minimum atomic E-state index is -1.27. The third-order valence-electron chi connectivity index (χ3n) is 1.78. The predicted molar refractivity (Wildman–Crippen MR) is 57.6 cm³/mol. The van der Waals surface area contributed by atoms with Gasteiger partial charge in [-0.3, -0.25) is 9.59 Å². The first-order chi connectivity index (χ1) is 7.47. The Morgan fingerprint density at radius 3 is 2.62 bits per heavy atom. The highest BCUT2D eigenvalue weighted by atomic mass is 16.5. The van der Waals surface area contributed by atoms with Crippen molar-refractivity contribution >= 4 is 11.8 Å². The van der Waals surface area contributed by atoms with Crippen molar-refractivity contribution in [3.63, 3.8) is 0 Å². The molecule has 5 N–H and O–H groups in total. The van der Waals surface area contributed by atoms with E-state index in [0.29, 0.717) is 6.61 Å². The summed E-state index contributed by atoms with van der Waals surface area (Å²) < 4.78 is 4.84. The number of aliphatic hydroxyl groups excluding tert-OH is 1. The lowest BCUT2D eigenvalue weighted by atomic mass is 10.3. The smallest absolute Gasteiger partial charge is 0.247 e. The molecule has 0 aliphatic heterocycles. The molecular formula is C9H19N3O4. The summed E-state index contributed by atoms with van der Waals surface area (Å²) in [7, 11) is 1.55. The van der Waals surface area contributed by atoms with Crippen LogP contribution >= 0.6 is 0 Å². The quantitative estimate of drug-likeness (QED) is 0.372. The molecule has 2 amide bonds. The number of hydrogen-bond donors (Lipinski definition) is 4. The number of nitrogens with two attached hydrogens (primary N) is 1. The molecule has 0 bridgehead atoms. The highest BCUT2D eigenvalue weighted by Crippen LogP contribution is 1.82. The number of primary amides is 1. The van der Waals surface area contributed by atoms with Crippen LogP contribution in [0.2, 0.25) is 0 Å². The Balaban J connectivity index is 3.62. The molecule has 0 spiro atoms. The molecule has 0 aliphatic carbocycles. The maximum absolute atomic E-state index is 11.3. The summed E-state index contributed by atoms with van der Waals surface area (Å²) in [6, 6.07) is -0.0830. The first-order valence-corrected chi connectivity index (χ1v) is 4.93. The van der Waals surface area contributed by atoms with Gasteiger partial charge in [0.1, 0.15) is 6.10 Å². The van der Waals surface area contributed by atoms with Gasteiger partial charge in [0.25, 0.3) is 0 Å². The number of carbonyl (C=O) groups excluding carboxylic acids is 2. The number of nitrogens with one attached hydrogen (secondary N) is 2. The summed E-state index contributed by atoms with van der Waals surface area (Å²) in [5.74, 6) is -1.05. The molecule has 0 aliphatic rings. The van der Waals surface area contributed by atoms with Gasteiger partial charge in [0.05, 0.1) is 13.2 Å². The molecule has 0 aromatic rings. The summed E-state index contributed by atoms with van der Waals surface area (Å²) in [4.78, 5) is 21.7. The lowest BCUT2D eigenvalue weighted by Gasteiger charge is -2.13. The maximum atomic E-state index is 11.3. The van der Waals surface area contributed by atoms with Gasteiger partial charge in [-0.05, 0) is 6.92 Å². The zero-order valence-electron chi connectivity index (χ0n) is 9.53. The summed E-state index contributed by atoms with van der Waals surface area (Å²) in [6.07, 6.45) is -1.27. The predicted octanol–water partition coefficient (Wildman–Crippen LogP) is -2.43. The Morgan fingerprint density at radius 2 is 2.12 bits per heavy atom. The maximum Gasteiger partial charge on any atom is 0.247 e. The van der Waals surface area contributed by atoms with Crippen LogP contribution in [0.25, 0.3) is 0 Å². The van der Waals surface area contributed by atoms with Crippen LogP contribution in [0, 0.1) is 0 Å². The number of carbonyl (C=O) groups is 2. The fourth-order valence-corrected chi connectivity index (χ4v) is 1.04. The lowest BCUT2D eigenvalue weighted by Crippen LogP contribution is -2.44. The lowest BCUT2D eigenvalue weighted by molar-refractivity contribution is -0.126.